The largest absolute Gasteiger partial charge is 0.315 e. The first-order valence-electron chi connectivity index (χ1n) is 7.29. The number of nitrogens with one attached hydrogen (secondary N) is 1. The first-order chi connectivity index (χ1) is 9.51. The Kier molecular flexibility index (Phi) is 5.21. The van der Waals surface area contributed by atoms with Gasteiger partial charge in [-0.15, -0.1) is 0 Å². The van der Waals surface area contributed by atoms with Gasteiger partial charge in [0.15, 0.2) is 0 Å². The van der Waals surface area contributed by atoms with Crippen LogP contribution in [0.4, 0.5) is 4.39 Å². The van der Waals surface area contributed by atoms with Crippen molar-refractivity contribution in [3.05, 3.63) is 34.1 Å². The van der Waals surface area contributed by atoms with E-state index in [0.717, 1.165) is 12.0 Å². The van der Waals surface area contributed by atoms with Gasteiger partial charge in [-0.25, -0.2) is 4.39 Å². The van der Waals surface area contributed by atoms with Crippen molar-refractivity contribution in [2.24, 2.45) is 0 Å². The van der Waals surface area contributed by atoms with Crippen LogP contribution in [0.2, 0.25) is 0 Å². The van der Waals surface area contributed by atoms with Gasteiger partial charge in [-0.1, -0.05) is 25.0 Å². The zero-order valence-electron chi connectivity index (χ0n) is 12.5. The summed E-state index contributed by atoms with van der Waals surface area (Å²) in [6.45, 7) is 0. The van der Waals surface area contributed by atoms with E-state index in [1.807, 2.05) is 13.1 Å². The number of hydrogen-bond acceptors (Lipinski definition) is 2. The Balaban J connectivity index is 2.26. The quantitative estimate of drug-likeness (QED) is 0.879. The van der Waals surface area contributed by atoms with Crippen molar-refractivity contribution in [3.8, 4) is 0 Å². The molecule has 1 aliphatic rings. The van der Waals surface area contributed by atoms with Crippen LogP contribution in [0.25, 0.3) is 0 Å². The molecule has 0 aliphatic heterocycles. The molecule has 0 saturated heterocycles. The molecule has 0 amide bonds. The highest BCUT2D eigenvalue weighted by Crippen LogP contribution is 2.38. The maximum absolute atomic E-state index is 13.7. The Morgan fingerprint density at radius 2 is 2.00 bits per heavy atom. The second-order valence-corrected chi connectivity index (χ2v) is 6.76. The van der Waals surface area contributed by atoms with E-state index in [1.165, 1.54) is 31.7 Å². The number of nitrogens with zero attached hydrogens (tertiary/aromatic N) is 1. The number of halogens is 2. The highest BCUT2D eigenvalue weighted by Gasteiger charge is 2.42. The summed E-state index contributed by atoms with van der Waals surface area (Å²) in [5, 5.41) is 3.48. The van der Waals surface area contributed by atoms with Crippen LogP contribution in [0.15, 0.2) is 22.7 Å². The highest BCUT2D eigenvalue weighted by molar-refractivity contribution is 9.10. The fourth-order valence-corrected chi connectivity index (χ4v) is 4.01. The Labute approximate surface area is 129 Å². The van der Waals surface area contributed by atoms with Crippen LogP contribution < -0.4 is 5.32 Å². The zero-order valence-corrected chi connectivity index (χ0v) is 14.1. The molecule has 1 aliphatic carbocycles. The molecule has 0 aromatic heterocycles. The van der Waals surface area contributed by atoms with Crippen molar-refractivity contribution in [3.63, 3.8) is 0 Å². The molecule has 1 aromatic carbocycles. The Hall–Kier alpha value is -0.450. The van der Waals surface area contributed by atoms with E-state index >= 15 is 0 Å². The Morgan fingerprint density at radius 3 is 2.55 bits per heavy atom. The van der Waals surface area contributed by atoms with Crippen molar-refractivity contribution in [1.29, 1.82) is 0 Å². The third-order valence-corrected chi connectivity index (χ3v) is 5.70. The molecule has 1 saturated carbocycles. The average molecular weight is 343 g/mol. The van der Waals surface area contributed by atoms with Gasteiger partial charge in [-0.05, 0) is 68.0 Å². The van der Waals surface area contributed by atoms with Gasteiger partial charge in [-0.2, -0.15) is 0 Å². The number of hydrogen-bond donors (Lipinski definition) is 1. The molecule has 0 radical (unpaired) electrons. The van der Waals surface area contributed by atoms with Gasteiger partial charge in [0.2, 0.25) is 0 Å². The highest BCUT2D eigenvalue weighted by atomic mass is 79.9. The van der Waals surface area contributed by atoms with Crippen molar-refractivity contribution in [1.82, 2.24) is 10.2 Å². The first-order valence-corrected chi connectivity index (χ1v) is 8.08. The lowest BCUT2D eigenvalue weighted by molar-refractivity contribution is 0.108. The summed E-state index contributed by atoms with van der Waals surface area (Å²) >= 11 is 3.38. The molecule has 0 bridgehead atoms. The standard InChI is InChI=1S/C16H24BrFN2/c1-19-14(16(20(2)3)9-4-5-10-16)11-12-7-6-8-13(18)15(12)17/h6-8,14,19H,4-5,9-11H2,1-3H3. The lowest BCUT2D eigenvalue weighted by Crippen LogP contribution is -2.57. The Morgan fingerprint density at radius 1 is 1.35 bits per heavy atom. The van der Waals surface area contributed by atoms with Gasteiger partial charge in [0, 0.05) is 11.6 Å². The molecule has 1 atom stereocenters. The van der Waals surface area contributed by atoms with Crippen molar-refractivity contribution >= 4 is 15.9 Å². The van der Waals surface area contributed by atoms with Crippen molar-refractivity contribution < 1.29 is 4.39 Å². The molecular formula is C16H24BrFN2. The molecule has 0 spiro atoms. The lowest BCUT2D eigenvalue weighted by Gasteiger charge is -2.43. The maximum atomic E-state index is 13.7. The van der Waals surface area contributed by atoms with E-state index in [-0.39, 0.29) is 11.4 Å². The average Bonchev–Trinajstić information content (AvgIpc) is 2.91. The smallest absolute Gasteiger partial charge is 0.137 e. The summed E-state index contributed by atoms with van der Waals surface area (Å²) in [6, 6.07) is 5.63. The van der Waals surface area contributed by atoms with Crippen LogP contribution in [0, 0.1) is 5.82 Å². The summed E-state index contributed by atoms with van der Waals surface area (Å²) < 4.78 is 14.3. The van der Waals surface area contributed by atoms with E-state index in [2.05, 4.69) is 40.2 Å². The third kappa shape index (κ3) is 2.92. The molecule has 1 fully saturated rings. The summed E-state index contributed by atoms with van der Waals surface area (Å²) in [6.07, 6.45) is 5.81. The van der Waals surface area contributed by atoms with Gasteiger partial charge in [0.1, 0.15) is 5.82 Å². The summed E-state index contributed by atoms with van der Waals surface area (Å²) in [5.74, 6) is -0.178. The van der Waals surface area contributed by atoms with Crippen LogP contribution in [-0.4, -0.2) is 37.6 Å². The minimum Gasteiger partial charge on any atom is -0.315 e. The van der Waals surface area contributed by atoms with Gasteiger partial charge >= 0.3 is 0 Å². The molecule has 1 unspecified atom stereocenters. The molecule has 1 aromatic rings. The minimum atomic E-state index is -0.178. The van der Waals surface area contributed by atoms with Crippen molar-refractivity contribution in [2.45, 2.75) is 43.7 Å². The van der Waals surface area contributed by atoms with Crippen LogP contribution in [-0.2, 0) is 6.42 Å². The molecule has 4 heteroatoms. The molecule has 0 heterocycles. The molecule has 112 valence electrons. The number of benzene rings is 1. The van der Waals surface area contributed by atoms with Gasteiger partial charge in [0.25, 0.3) is 0 Å². The zero-order chi connectivity index (χ0) is 14.8. The predicted molar refractivity (Wildman–Crippen MR) is 85.5 cm³/mol. The normalized spacial score (nSPS) is 19.5. The SMILES string of the molecule is CNC(Cc1cccc(F)c1Br)C1(N(C)C)CCCC1. The van der Waals surface area contributed by atoms with E-state index in [0.29, 0.717) is 10.5 Å². The Bertz CT molecular complexity index is 456. The fourth-order valence-electron chi connectivity index (χ4n) is 3.58. The summed E-state index contributed by atoms with van der Waals surface area (Å²) in [4.78, 5) is 2.36. The summed E-state index contributed by atoms with van der Waals surface area (Å²) in [7, 11) is 6.34. The molecular weight excluding hydrogens is 319 g/mol. The van der Waals surface area contributed by atoms with E-state index in [1.54, 1.807) is 6.07 Å². The number of likely N-dealkylation sites (N-methyl/N-ethyl adjacent to an activating group) is 2. The third-order valence-electron chi connectivity index (χ3n) is 4.81. The molecule has 2 rings (SSSR count). The summed E-state index contributed by atoms with van der Waals surface area (Å²) in [5.41, 5.74) is 1.22. The lowest BCUT2D eigenvalue weighted by atomic mass is 9.83. The van der Waals surface area contributed by atoms with Crippen LogP contribution in [0.1, 0.15) is 31.2 Å². The topological polar surface area (TPSA) is 15.3 Å². The van der Waals surface area contributed by atoms with E-state index in [4.69, 9.17) is 0 Å². The molecule has 1 N–H and O–H groups in total. The number of rotatable bonds is 5. The first kappa shape index (κ1) is 15.9. The van der Waals surface area contributed by atoms with Crippen LogP contribution in [0.5, 0.6) is 0 Å². The van der Waals surface area contributed by atoms with Crippen molar-refractivity contribution in [2.75, 3.05) is 21.1 Å². The monoisotopic (exact) mass is 342 g/mol. The van der Waals surface area contributed by atoms with Gasteiger partial charge in [0.05, 0.1) is 4.47 Å². The minimum absolute atomic E-state index is 0.178. The molecule has 20 heavy (non-hydrogen) atoms. The van der Waals surface area contributed by atoms with Crippen LogP contribution >= 0.6 is 15.9 Å². The predicted octanol–water partition coefficient (Wildman–Crippen LogP) is 3.59. The molecule has 2 nitrogen and oxygen atoms in total. The second-order valence-electron chi connectivity index (χ2n) is 5.96. The fraction of sp³-hybridized carbons (Fsp3) is 0.625. The van der Waals surface area contributed by atoms with Gasteiger partial charge in [-0.3, -0.25) is 0 Å². The van der Waals surface area contributed by atoms with E-state index < -0.39 is 0 Å². The maximum Gasteiger partial charge on any atom is 0.137 e. The second kappa shape index (κ2) is 6.54. The van der Waals surface area contributed by atoms with E-state index in [9.17, 15) is 4.39 Å². The van der Waals surface area contributed by atoms with Crippen LogP contribution in [0.3, 0.4) is 0 Å². The van der Waals surface area contributed by atoms with Gasteiger partial charge < -0.3 is 10.2 Å².